The van der Waals surface area contributed by atoms with E-state index in [4.69, 9.17) is 4.74 Å². The number of ether oxygens (including phenoxy) is 1. The molecule has 114 valence electrons. The molecule has 2 heteroatoms. The van der Waals surface area contributed by atoms with E-state index in [0.29, 0.717) is 12.1 Å². The molecular formula is C18H31NO. The van der Waals surface area contributed by atoms with E-state index in [2.05, 4.69) is 58.1 Å². The van der Waals surface area contributed by atoms with Gasteiger partial charge < -0.3 is 10.1 Å². The smallest absolute Gasteiger partial charge is 0.124 e. The van der Waals surface area contributed by atoms with Crippen LogP contribution in [-0.4, -0.2) is 12.1 Å². The summed E-state index contributed by atoms with van der Waals surface area (Å²) in [5, 5.41) is 3.75. The van der Waals surface area contributed by atoms with Crippen molar-refractivity contribution in [3.63, 3.8) is 0 Å². The van der Waals surface area contributed by atoms with Crippen molar-refractivity contribution >= 4 is 0 Å². The summed E-state index contributed by atoms with van der Waals surface area (Å²) in [7, 11) is 0. The van der Waals surface area contributed by atoms with Crippen LogP contribution in [0.5, 0.6) is 5.75 Å². The second-order valence-corrected chi connectivity index (χ2v) is 5.84. The fourth-order valence-corrected chi connectivity index (χ4v) is 2.50. The molecular weight excluding hydrogens is 246 g/mol. The average Bonchev–Trinajstić information content (AvgIpc) is 2.43. The Morgan fingerprint density at radius 3 is 2.40 bits per heavy atom. The molecule has 0 saturated heterocycles. The standard InChI is InChI=1S/C18H31NO/c1-6-8-11-16(7-2)19-15(5)17-12-9-10-13-18(17)20-14(3)4/h9-10,12-16,19H,6-8,11H2,1-5H3. The highest BCUT2D eigenvalue weighted by molar-refractivity contribution is 5.35. The summed E-state index contributed by atoms with van der Waals surface area (Å²) < 4.78 is 5.92. The first-order valence-electron chi connectivity index (χ1n) is 8.10. The average molecular weight is 277 g/mol. The molecule has 2 atom stereocenters. The van der Waals surface area contributed by atoms with Crippen molar-refractivity contribution in [2.45, 2.75) is 78.5 Å². The Morgan fingerprint density at radius 2 is 1.80 bits per heavy atom. The van der Waals surface area contributed by atoms with Crippen molar-refractivity contribution in [1.29, 1.82) is 0 Å². The molecule has 0 spiro atoms. The van der Waals surface area contributed by atoms with Gasteiger partial charge in [0.1, 0.15) is 5.75 Å². The Balaban J connectivity index is 2.72. The van der Waals surface area contributed by atoms with Crippen LogP contribution in [0.2, 0.25) is 0 Å². The van der Waals surface area contributed by atoms with Gasteiger partial charge in [-0.15, -0.1) is 0 Å². The van der Waals surface area contributed by atoms with Crippen molar-refractivity contribution in [3.8, 4) is 5.75 Å². The lowest BCUT2D eigenvalue weighted by Gasteiger charge is -2.24. The minimum atomic E-state index is 0.213. The maximum Gasteiger partial charge on any atom is 0.124 e. The van der Waals surface area contributed by atoms with E-state index in [1.165, 1.54) is 31.2 Å². The zero-order valence-electron chi connectivity index (χ0n) is 13.8. The monoisotopic (exact) mass is 277 g/mol. The predicted octanol–water partition coefficient (Wildman–Crippen LogP) is 5.09. The van der Waals surface area contributed by atoms with Crippen molar-refractivity contribution in [3.05, 3.63) is 29.8 Å². The van der Waals surface area contributed by atoms with Gasteiger partial charge in [0.15, 0.2) is 0 Å². The van der Waals surface area contributed by atoms with Crippen molar-refractivity contribution < 1.29 is 4.74 Å². The Bertz CT molecular complexity index is 375. The van der Waals surface area contributed by atoms with E-state index in [1.54, 1.807) is 0 Å². The van der Waals surface area contributed by atoms with E-state index in [0.717, 1.165) is 5.75 Å². The molecule has 1 N–H and O–H groups in total. The molecule has 1 aromatic carbocycles. The molecule has 0 heterocycles. The van der Waals surface area contributed by atoms with Crippen LogP contribution < -0.4 is 10.1 Å². The van der Waals surface area contributed by atoms with E-state index in [9.17, 15) is 0 Å². The molecule has 2 nitrogen and oxygen atoms in total. The zero-order valence-corrected chi connectivity index (χ0v) is 13.8. The number of para-hydroxylation sites is 1. The van der Waals surface area contributed by atoms with Gasteiger partial charge in [0.2, 0.25) is 0 Å². The number of hydrogen-bond donors (Lipinski definition) is 1. The van der Waals surface area contributed by atoms with Crippen LogP contribution in [0.4, 0.5) is 0 Å². The number of unbranched alkanes of at least 4 members (excludes halogenated alkanes) is 1. The lowest BCUT2D eigenvalue weighted by atomic mass is 10.0. The van der Waals surface area contributed by atoms with Crippen LogP contribution >= 0.6 is 0 Å². The van der Waals surface area contributed by atoms with E-state index in [-0.39, 0.29) is 6.10 Å². The molecule has 1 rings (SSSR count). The predicted molar refractivity (Wildman–Crippen MR) is 87.4 cm³/mol. The van der Waals surface area contributed by atoms with E-state index >= 15 is 0 Å². The van der Waals surface area contributed by atoms with Gasteiger partial charge in [-0.1, -0.05) is 44.9 Å². The lowest BCUT2D eigenvalue weighted by Crippen LogP contribution is -2.31. The maximum absolute atomic E-state index is 5.92. The lowest BCUT2D eigenvalue weighted by molar-refractivity contribution is 0.237. The second kappa shape index (κ2) is 9.02. The van der Waals surface area contributed by atoms with Crippen LogP contribution in [0.1, 0.15) is 71.9 Å². The van der Waals surface area contributed by atoms with Gasteiger partial charge in [-0.05, 0) is 39.7 Å². The Morgan fingerprint density at radius 1 is 1.10 bits per heavy atom. The molecule has 0 saturated carbocycles. The van der Waals surface area contributed by atoms with Crippen LogP contribution in [0.25, 0.3) is 0 Å². The normalized spacial score (nSPS) is 14.3. The Kier molecular flexibility index (Phi) is 7.68. The Labute approximate surface area is 124 Å². The quantitative estimate of drug-likeness (QED) is 0.678. The summed E-state index contributed by atoms with van der Waals surface area (Å²) in [4.78, 5) is 0. The minimum absolute atomic E-state index is 0.213. The summed E-state index contributed by atoms with van der Waals surface area (Å²) in [5.74, 6) is 1.01. The second-order valence-electron chi connectivity index (χ2n) is 5.84. The molecule has 0 amide bonds. The third-order valence-electron chi connectivity index (χ3n) is 3.63. The van der Waals surface area contributed by atoms with Crippen molar-refractivity contribution in [2.75, 3.05) is 0 Å². The summed E-state index contributed by atoms with van der Waals surface area (Å²) in [6.45, 7) is 10.9. The van der Waals surface area contributed by atoms with E-state index < -0.39 is 0 Å². The molecule has 1 aromatic rings. The number of nitrogens with one attached hydrogen (secondary N) is 1. The van der Waals surface area contributed by atoms with Crippen LogP contribution in [0.15, 0.2) is 24.3 Å². The molecule has 0 aliphatic carbocycles. The summed E-state index contributed by atoms with van der Waals surface area (Å²) >= 11 is 0. The molecule has 0 aliphatic heterocycles. The number of rotatable bonds is 9. The van der Waals surface area contributed by atoms with Gasteiger partial charge in [-0.2, -0.15) is 0 Å². The molecule has 20 heavy (non-hydrogen) atoms. The number of benzene rings is 1. The third-order valence-corrected chi connectivity index (χ3v) is 3.63. The summed E-state index contributed by atoms with van der Waals surface area (Å²) in [6.07, 6.45) is 5.20. The van der Waals surface area contributed by atoms with Crippen LogP contribution in [0, 0.1) is 0 Å². The first-order chi connectivity index (χ1) is 9.58. The molecule has 0 fully saturated rings. The minimum Gasteiger partial charge on any atom is -0.491 e. The maximum atomic E-state index is 5.92. The van der Waals surface area contributed by atoms with Crippen LogP contribution in [-0.2, 0) is 0 Å². The summed E-state index contributed by atoms with van der Waals surface area (Å²) in [6, 6.07) is 9.29. The SMILES string of the molecule is CCCCC(CC)NC(C)c1ccccc1OC(C)C. The molecule has 2 unspecified atom stereocenters. The molecule has 0 radical (unpaired) electrons. The van der Waals surface area contributed by atoms with Gasteiger partial charge in [0.05, 0.1) is 6.10 Å². The van der Waals surface area contributed by atoms with Gasteiger partial charge in [-0.3, -0.25) is 0 Å². The van der Waals surface area contributed by atoms with Crippen molar-refractivity contribution in [2.24, 2.45) is 0 Å². The molecule has 0 aromatic heterocycles. The van der Waals surface area contributed by atoms with Gasteiger partial charge in [-0.25, -0.2) is 0 Å². The number of hydrogen-bond acceptors (Lipinski definition) is 2. The molecule has 0 bridgehead atoms. The van der Waals surface area contributed by atoms with Gasteiger partial charge in [0.25, 0.3) is 0 Å². The fourth-order valence-electron chi connectivity index (χ4n) is 2.50. The fraction of sp³-hybridized carbons (Fsp3) is 0.667. The molecule has 0 aliphatic rings. The first kappa shape index (κ1) is 17.0. The Hall–Kier alpha value is -1.02. The van der Waals surface area contributed by atoms with Gasteiger partial charge >= 0.3 is 0 Å². The van der Waals surface area contributed by atoms with Crippen LogP contribution in [0.3, 0.4) is 0 Å². The van der Waals surface area contributed by atoms with Gasteiger partial charge in [0, 0.05) is 17.6 Å². The topological polar surface area (TPSA) is 21.3 Å². The van der Waals surface area contributed by atoms with E-state index in [1.807, 2.05) is 6.07 Å². The zero-order chi connectivity index (χ0) is 15.0. The third kappa shape index (κ3) is 5.54. The highest BCUT2D eigenvalue weighted by Gasteiger charge is 2.15. The highest BCUT2D eigenvalue weighted by Crippen LogP contribution is 2.26. The first-order valence-corrected chi connectivity index (χ1v) is 8.10. The largest absolute Gasteiger partial charge is 0.491 e. The highest BCUT2D eigenvalue weighted by atomic mass is 16.5. The summed E-state index contributed by atoms with van der Waals surface area (Å²) in [5.41, 5.74) is 1.26. The van der Waals surface area contributed by atoms with Crippen molar-refractivity contribution in [1.82, 2.24) is 5.32 Å².